The van der Waals surface area contributed by atoms with E-state index in [1.807, 2.05) is 4.90 Å². The lowest BCUT2D eigenvalue weighted by molar-refractivity contribution is -0.135. The molecule has 2 rings (SSSR count). The molecule has 1 heterocycles. The summed E-state index contributed by atoms with van der Waals surface area (Å²) in [6.07, 6.45) is 11.7. The van der Waals surface area contributed by atoms with Crippen LogP contribution in [0, 0.1) is 0 Å². The van der Waals surface area contributed by atoms with Crippen LogP contribution < -0.4 is 0 Å². The molecule has 5 nitrogen and oxygen atoms in total. The highest BCUT2D eigenvalue weighted by Crippen LogP contribution is 2.25. The maximum Gasteiger partial charge on any atom is 0.238 e. The standard InChI is InChI=1S/C17H32N2O3S/c1-3-15-10-8-9-13-18(15)17(20)14-19(23(2,21)22)16-11-6-4-5-7-12-16/h15-16H,3-14H2,1-2H3. The molecule has 1 saturated carbocycles. The Kier molecular flexibility index (Phi) is 6.89. The topological polar surface area (TPSA) is 57.7 Å². The van der Waals surface area contributed by atoms with Crippen LogP contribution in [0.3, 0.4) is 0 Å². The van der Waals surface area contributed by atoms with E-state index < -0.39 is 10.0 Å². The summed E-state index contributed by atoms with van der Waals surface area (Å²) >= 11 is 0. The van der Waals surface area contributed by atoms with Gasteiger partial charge in [-0.05, 0) is 38.5 Å². The summed E-state index contributed by atoms with van der Waals surface area (Å²) in [5.74, 6) is -0.00813. The Morgan fingerprint density at radius 2 is 1.65 bits per heavy atom. The maximum atomic E-state index is 12.8. The fourth-order valence-corrected chi connectivity index (χ4v) is 5.14. The van der Waals surface area contributed by atoms with Gasteiger partial charge in [0.05, 0.1) is 12.8 Å². The summed E-state index contributed by atoms with van der Waals surface area (Å²) < 4.78 is 26.0. The highest BCUT2D eigenvalue weighted by molar-refractivity contribution is 7.88. The minimum absolute atomic E-state index is 0.00122. The number of amides is 1. The predicted octanol–water partition coefficient (Wildman–Crippen LogP) is 2.76. The number of carbonyl (C=O) groups is 1. The first kappa shape index (κ1) is 18.7. The summed E-state index contributed by atoms with van der Waals surface area (Å²) in [7, 11) is -3.35. The SMILES string of the molecule is CCC1CCCCN1C(=O)CN(C1CCCCCC1)S(C)(=O)=O. The summed E-state index contributed by atoms with van der Waals surface area (Å²) in [5, 5.41) is 0. The Morgan fingerprint density at radius 1 is 1.04 bits per heavy atom. The van der Waals surface area contributed by atoms with Gasteiger partial charge in [-0.25, -0.2) is 8.42 Å². The number of rotatable bonds is 5. The van der Waals surface area contributed by atoms with Crippen LogP contribution in [-0.4, -0.2) is 55.0 Å². The molecule has 0 aromatic heterocycles. The van der Waals surface area contributed by atoms with Crippen molar-refractivity contribution in [3.8, 4) is 0 Å². The zero-order valence-corrected chi connectivity index (χ0v) is 15.5. The monoisotopic (exact) mass is 344 g/mol. The fraction of sp³-hybridized carbons (Fsp3) is 0.941. The van der Waals surface area contributed by atoms with Crippen LogP contribution in [0.4, 0.5) is 0 Å². The van der Waals surface area contributed by atoms with Crippen molar-refractivity contribution in [2.24, 2.45) is 0 Å². The highest BCUT2D eigenvalue weighted by Gasteiger charge is 2.33. The third kappa shape index (κ3) is 5.18. The lowest BCUT2D eigenvalue weighted by Crippen LogP contribution is -2.51. The Hall–Kier alpha value is -0.620. The Labute approximate surface area is 141 Å². The second-order valence-electron chi connectivity index (χ2n) is 7.10. The summed E-state index contributed by atoms with van der Waals surface area (Å²) in [6, 6.07) is 0.285. The molecule has 0 aromatic rings. The first-order chi connectivity index (χ1) is 10.9. The van der Waals surface area contributed by atoms with E-state index in [-0.39, 0.29) is 24.5 Å². The Morgan fingerprint density at radius 3 is 2.22 bits per heavy atom. The molecular weight excluding hydrogens is 312 g/mol. The molecule has 0 spiro atoms. The lowest BCUT2D eigenvalue weighted by Gasteiger charge is -2.37. The molecule has 1 amide bonds. The quantitative estimate of drug-likeness (QED) is 0.721. The van der Waals surface area contributed by atoms with E-state index in [0.29, 0.717) is 0 Å². The van der Waals surface area contributed by atoms with Crippen molar-refractivity contribution in [2.45, 2.75) is 83.2 Å². The summed E-state index contributed by atoms with van der Waals surface area (Å²) in [5.41, 5.74) is 0. The number of hydrogen-bond donors (Lipinski definition) is 0. The summed E-state index contributed by atoms with van der Waals surface area (Å²) in [6.45, 7) is 2.91. The molecule has 0 aromatic carbocycles. The van der Waals surface area contributed by atoms with E-state index in [1.165, 1.54) is 29.8 Å². The van der Waals surface area contributed by atoms with Gasteiger partial charge in [0.15, 0.2) is 0 Å². The van der Waals surface area contributed by atoms with Crippen LogP contribution in [-0.2, 0) is 14.8 Å². The molecule has 2 fully saturated rings. The molecule has 6 heteroatoms. The van der Waals surface area contributed by atoms with Crippen LogP contribution in [0.1, 0.15) is 71.1 Å². The van der Waals surface area contributed by atoms with Gasteiger partial charge in [-0.2, -0.15) is 4.31 Å². The van der Waals surface area contributed by atoms with E-state index >= 15 is 0 Å². The second kappa shape index (κ2) is 8.47. The molecule has 2 aliphatic rings. The molecule has 134 valence electrons. The third-order valence-corrected chi connectivity index (χ3v) is 6.65. The number of hydrogen-bond acceptors (Lipinski definition) is 3. The van der Waals surface area contributed by atoms with Crippen LogP contribution >= 0.6 is 0 Å². The van der Waals surface area contributed by atoms with Crippen LogP contribution in [0.15, 0.2) is 0 Å². The van der Waals surface area contributed by atoms with Crippen molar-refractivity contribution < 1.29 is 13.2 Å². The van der Waals surface area contributed by atoms with E-state index in [2.05, 4.69) is 6.92 Å². The molecule has 1 unspecified atom stereocenters. The number of sulfonamides is 1. The number of likely N-dealkylation sites (tertiary alicyclic amines) is 1. The van der Waals surface area contributed by atoms with E-state index in [4.69, 9.17) is 0 Å². The van der Waals surface area contributed by atoms with Gasteiger partial charge >= 0.3 is 0 Å². The Bertz CT molecular complexity index is 484. The molecule has 1 aliphatic carbocycles. The molecular formula is C17H32N2O3S. The first-order valence-corrected chi connectivity index (χ1v) is 11.0. The fourth-order valence-electron chi connectivity index (χ4n) is 4.04. The predicted molar refractivity (Wildman–Crippen MR) is 92.7 cm³/mol. The van der Waals surface area contributed by atoms with Crippen molar-refractivity contribution in [1.29, 1.82) is 0 Å². The van der Waals surface area contributed by atoms with E-state index in [1.54, 1.807) is 0 Å². The number of nitrogens with zero attached hydrogens (tertiary/aromatic N) is 2. The van der Waals surface area contributed by atoms with Crippen molar-refractivity contribution >= 4 is 15.9 Å². The van der Waals surface area contributed by atoms with Gasteiger partial charge in [0.1, 0.15) is 0 Å². The first-order valence-electron chi connectivity index (χ1n) is 9.19. The highest BCUT2D eigenvalue weighted by atomic mass is 32.2. The minimum Gasteiger partial charge on any atom is -0.339 e. The van der Waals surface area contributed by atoms with Crippen molar-refractivity contribution in [3.63, 3.8) is 0 Å². The van der Waals surface area contributed by atoms with Gasteiger partial charge in [0.25, 0.3) is 0 Å². The molecule has 1 atom stereocenters. The molecule has 0 radical (unpaired) electrons. The van der Waals surface area contributed by atoms with Gasteiger partial charge in [0, 0.05) is 18.6 Å². The lowest BCUT2D eigenvalue weighted by atomic mass is 10.00. The van der Waals surface area contributed by atoms with Crippen molar-refractivity contribution in [2.75, 3.05) is 19.3 Å². The third-order valence-electron chi connectivity index (χ3n) is 5.37. The molecule has 0 N–H and O–H groups in total. The number of piperidine rings is 1. The smallest absolute Gasteiger partial charge is 0.238 e. The van der Waals surface area contributed by atoms with Gasteiger partial charge in [-0.15, -0.1) is 0 Å². The van der Waals surface area contributed by atoms with Crippen LogP contribution in [0.5, 0.6) is 0 Å². The average molecular weight is 345 g/mol. The second-order valence-corrected chi connectivity index (χ2v) is 9.03. The molecule has 1 aliphatic heterocycles. The van der Waals surface area contributed by atoms with Gasteiger partial charge < -0.3 is 4.90 Å². The van der Waals surface area contributed by atoms with Gasteiger partial charge in [0.2, 0.25) is 15.9 Å². The largest absolute Gasteiger partial charge is 0.339 e. The normalized spacial score (nSPS) is 24.7. The zero-order valence-electron chi connectivity index (χ0n) is 14.7. The molecule has 1 saturated heterocycles. The van der Waals surface area contributed by atoms with Gasteiger partial charge in [-0.1, -0.05) is 32.6 Å². The number of carbonyl (C=O) groups excluding carboxylic acids is 1. The maximum absolute atomic E-state index is 12.8. The van der Waals surface area contributed by atoms with Crippen molar-refractivity contribution in [3.05, 3.63) is 0 Å². The van der Waals surface area contributed by atoms with Crippen LogP contribution in [0.25, 0.3) is 0 Å². The molecule has 23 heavy (non-hydrogen) atoms. The minimum atomic E-state index is -3.35. The van der Waals surface area contributed by atoms with Gasteiger partial charge in [-0.3, -0.25) is 4.79 Å². The van der Waals surface area contributed by atoms with Crippen molar-refractivity contribution in [1.82, 2.24) is 9.21 Å². The van der Waals surface area contributed by atoms with Crippen LogP contribution in [0.2, 0.25) is 0 Å². The Balaban J connectivity index is 2.09. The summed E-state index contributed by atoms with van der Waals surface area (Å²) in [4.78, 5) is 14.7. The zero-order chi connectivity index (χ0) is 16.9. The van der Waals surface area contributed by atoms with E-state index in [0.717, 1.165) is 51.5 Å². The average Bonchev–Trinajstić information content (AvgIpc) is 2.80. The molecule has 0 bridgehead atoms. The van der Waals surface area contributed by atoms with E-state index in [9.17, 15) is 13.2 Å².